The maximum Gasteiger partial charge on any atom is 0.269 e. The number of hydrogen-bond acceptors (Lipinski definition) is 4. The van der Waals surface area contributed by atoms with Gasteiger partial charge in [-0.15, -0.1) is 0 Å². The molecule has 2 aromatic heterocycles. The molecule has 7 heteroatoms. The number of nitrogens with zero attached hydrogens (tertiary/aromatic N) is 3. The number of H-pyrrole nitrogens is 1. The Morgan fingerprint density at radius 1 is 1.38 bits per heavy atom. The number of methoxy groups -OCH3 is 1. The van der Waals surface area contributed by atoms with Crippen LogP contribution in [0.15, 0.2) is 24.3 Å². The number of ether oxygens (including phenoxy) is 1. The van der Waals surface area contributed by atoms with Crippen LogP contribution in [-0.2, 0) is 13.0 Å². The van der Waals surface area contributed by atoms with Crippen LogP contribution in [0.25, 0.3) is 11.0 Å². The number of aromatic amines is 1. The number of amides is 1. The number of rotatable bonds is 6. The first-order valence-electron chi connectivity index (χ1n) is 7.96. The summed E-state index contributed by atoms with van der Waals surface area (Å²) in [5.74, 6) is 1.50. The summed E-state index contributed by atoms with van der Waals surface area (Å²) in [5.41, 5.74) is 3.24. The zero-order valence-electron chi connectivity index (χ0n) is 14.1. The lowest BCUT2D eigenvalue weighted by molar-refractivity contribution is 0.0943. The molecule has 1 aromatic carbocycles. The van der Waals surface area contributed by atoms with Gasteiger partial charge in [0.05, 0.1) is 23.8 Å². The van der Waals surface area contributed by atoms with E-state index in [1.165, 1.54) is 0 Å². The number of aromatic nitrogens is 4. The third kappa shape index (κ3) is 3.24. The van der Waals surface area contributed by atoms with Crippen molar-refractivity contribution < 1.29 is 9.53 Å². The monoisotopic (exact) mass is 327 g/mol. The van der Waals surface area contributed by atoms with Crippen LogP contribution in [0.3, 0.4) is 0 Å². The van der Waals surface area contributed by atoms with E-state index in [0.29, 0.717) is 25.2 Å². The predicted molar refractivity (Wildman–Crippen MR) is 91.3 cm³/mol. The zero-order chi connectivity index (χ0) is 17.1. The summed E-state index contributed by atoms with van der Waals surface area (Å²) in [6, 6.07) is 7.50. The third-order valence-corrected chi connectivity index (χ3v) is 3.82. The molecule has 3 aromatic rings. The largest absolute Gasteiger partial charge is 0.497 e. The fraction of sp³-hybridized carbons (Fsp3) is 0.353. The standard InChI is InChI=1S/C17H21N5O2/c1-4-22-15(9-11(2)21-22)17(23)18-8-7-16-19-13-6-5-12(24-3)10-14(13)20-16/h5-6,9-10H,4,7-8H2,1-3H3,(H,18,23)(H,19,20). The third-order valence-electron chi connectivity index (χ3n) is 3.82. The Hall–Kier alpha value is -2.83. The summed E-state index contributed by atoms with van der Waals surface area (Å²) in [4.78, 5) is 20.0. The zero-order valence-corrected chi connectivity index (χ0v) is 14.1. The van der Waals surface area contributed by atoms with Crippen LogP contribution in [0.2, 0.25) is 0 Å². The van der Waals surface area contributed by atoms with Gasteiger partial charge in [0.2, 0.25) is 0 Å². The minimum atomic E-state index is -0.116. The average molecular weight is 327 g/mol. The molecule has 3 rings (SSSR count). The van der Waals surface area contributed by atoms with Gasteiger partial charge in [-0.1, -0.05) is 0 Å². The fourth-order valence-corrected chi connectivity index (χ4v) is 2.64. The van der Waals surface area contributed by atoms with Gasteiger partial charge < -0.3 is 15.0 Å². The summed E-state index contributed by atoms with van der Waals surface area (Å²) in [7, 11) is 1.64. The van der Waals surface area contributed by atoms with Crippen LogP contribution in [0, 0.1) is 6.92 Å². The molecule has 0 atom stereocenters. The van der Waals surface area contributed by atoms with E-state index in [1.807, 2.05) is 32.0 Å². The van der Waals surface area contributed by atoms with Gasteiger partial charge in [-0.25, -0.2) is 4.98 Å². The molecule has 0 fully saturated rings. The summed E-state index contributed by atoms with van der Waals surface area (Å²) < 4.78 is 6.91. The van der Waals surface area contributed by atoms with Gasteiger partial charge in [0.15, 0.2) is 0 Å². The SMILES string of the molecule is CCn1nc(C)cc1C(=O)NCCc1nc2ccc(OC)cc2[nH]1. The minimum absolute atomic E-state index is 0.116. The molecule has 0 radical (unpaired) electrons. The highest BCUT2D eigenvalue weighted by Gasteiger charge is 2.13. The van der Waals surface area contributed by atoms with Crippen molar-refractivity contribution >= 4 is 16.9 Å². The molecule has 24 heavy (non-hydrogen) atoms. The number of fused-ring (bicyclic) bond motifs is 1. The second-order valence-electron chi connectivity index (χ2n) is 5.56. The second kappa shape index (κ2) is 6.74. The Bertz CT molecular complexity index is 865. The molecule has 0 unspecified atom stereocenters. The average Bonchev–Trinajstić information content (AvgIpc) is 3.16. The lowest BCUT2D eigenvalue weighted by Gasteiger charge is -2.05. The molecule has 0 aliphatic heterocycles. The molecule has 0 saturated carbocycles. The van der Waals surface area contributed by atoms with Crippen LogP contribution < -0.4 is 10.1 Å². The van der Waals surface area contributed by atoms with E-state index < -0.39 is 0 Å². The Morgan fingerprint density at radius 3 is 2.96 bits per heavy atom. The normalized spacial score (nSPS) is 11.0. The number of benzene rings is 1. The highest BCUT2D eigenvalue weighted by Crippen LogP contribution is 2.18. The number of aryl methyl sites for hydroxylation is 2. The van der Waals surface area contributed by atoms with Crippen LogP contribution in [0.4, 0.5) is 0 Å². The molecule has 0 aliphatic carbocycles. The maximum atomic E-state index is 12.3. The van der Waals surface area contributed by atoms with E-state index in [-0.39, 0.29) is 5.91 Å². The van der Waals surface area contributed by atoms with E-state index in [9.17, 15) is 4.79 Å². The summed E-state index contributed by atoms with van der Waals surface area (Å²) in [6.07, 6.45) is 0.627. The fourth-order valence-electron chi connectivity index (χ4n) is 2.64. The Kier molecular flexibility index (Phi) is 4.50. The van der Waals surface area contributed by atoms with Gasteiger partial charge in [0.25, 0.3) is 5.91 Å². The van der Waals surface area contributed by atoms with Crippen molar-refractivity contribution in [3.8, 4) is 5.75 Å². The van der Waals surface area contributed by atoms with E-state index in [4.69, 9.17) is 4.74 Å². The van der Waals surface area contributed by atoms with Crippen molar-refractivity contribution in [2.45, 2.75) is 26.8 Å². The summed E-state index contributed by atoms with van der Waals surface area (Å²) in [5, 5.41) is 7.20. The molecule has 0 saturated heterocycles. The smallest absolute Gasteiger partial charge is 0.269 e. The van der Waals surface area contributed by atoms with E-state index in [2.05, 4.69) is 20.4 Å². The van der Waals surface area contributed by atoms with Crippen molar-refractivity contribution in [1.29, 1.82) is 0 Å². The van der Waals surface area contributed by atoms with E-state index in [1.54, 1.807) is 17.9 Å². The van der Waals surface area contributed by atoms with Crippen molar-refractivity contribution in [3.05, 3.63) is 41.5 Å². The van der Waals surface area contributed by atoms with Gasteiger partial charge in [-0.2, -0.15) is 5.10 Å². The predicted octanol–water partition coefficient (Wildman–Crippen LogP) is 2.07. The first kappa shape index (κ1) is 16.0. The molecule has 0 aliphatic rings. The molecular weight excluding hydrogens is 306 g/mol. The molecular formula is C17H21N5O2. The van der Waals surface area contributed by atoms with E-state index in [0.717, 1.165) is 28.3 Å². The Morgan fingerprint density at radius 2 is 2.21 bits per heavy atom. The van der Waals surface area contributed by atoms with Gasteiger partial charge in [0, 0.05) is 25.6 Å². The first-order valence-corrected chi connectivity index (χ1v) is 7.96. The number of carbonyl (C=O) groups is 1. The highest BCUT2D eigenvalue weighted by molar-refractivity contribution is 5.92. The van der Waals surface area contributed by atoms with Crippen molar-refractivity contribution in [1.82, 2.24) is 25.1 Å². The van der Waals surface area contributed by atoms with Crippen LogP contribution in [0.5, 0.6) is 5.75 Å². The van der Waals surface area contributed by atoms with Crippen LogP contribution >= 0.6 is 0 Å². The first-order chi connectivity index (χ1) is 11.6. The van der Waals surface area contributed by atoms with Crippen molar-refractivity contribution in [3.63, 3.8) is 0 Å². The summed E-state index contributed by atoms with van der Waals surface area (Å²) >= 11 is 0. The number of imidazole rings is 1. The van der Waals surface area contributed by atoms with E-state index >= 15 is 0 Å². The lowest BCUT2D eigenvalue weighted by atomic mass is 10.3. The molecule has 7 nitrogen and oxygen atoms in total. The topological polar surface area (TPSA) is 84.8 Å². The van der Waals surface area contributed by atoms with Gasteiger partial charge in [-0.3, -0.25) is 9.48 Å². The quantitative estimate of drug-likeness (QED) is 0.726. The molecule has 126 valence electrons. The lowest BCUT2D eigenvalue weighted by Crippen LogP contribution is -2.28. The molecule has 2 N–H and O–H groups in total. The number of carbonyl (C=O) groups excluding carboxylic acids is 1. The van der Waals surface area contributed by atoms with Gasteiger partial charge in [0.1, 0.15) is 17.3 Å². The Balaban J connectivity index is 1.62. The Labute approximate surface area is 140 Å². The highest BCUT2D eigenvalue weighted by atomic mass is 16.5. The molecule has 1 amide bonds. The molecule has 2 heterocycles. The van der Waals surface area contributed by atoms with Crippen LogP contribution in [-0.4, -0.2) is 39.3 Å². The molecule has 0 bridgehead atoms. The van der Waals surface area contributed by atoms with Crippen LogP contribution in [0.1, 0.15) is 28.9 Å². The second-order valence-corrected chi connectivity index (χ2v) is 5.56. The molecule has 0 spiro atoms. The van der Waals surface area contributed by atoms with Crippen molar-refractivity contribution in [2.75, 3.05) is 13.7 Å². The van der Waals surface area contributed by atoms with Gasteiger partial charge in [-0.05, 0) is 32.0 Å². The maximum absolute atomic E-state index is 12.3. The number of hydrogen-bond donors (Lipinski definition) is 2. The van der Waals surface area contributed by atoms with Crippen molar-refractivity contribution in [2.24, 2.45) is 0 Å². The van der Waals surface area contributed by atoms with Gasteiger partial charge >= 0.3 is 0 Å². The number of nitrogens with one attached hydrogen (secondary N) is 2. The summed E-state index contributed by atoms with van der Waals surface area (Å²) in [6.45, 7) is 5.02. The minimum Gasteiger partial charge on any atom is -0.497 e.